The maximum atomic E-state index is 12.2. The Bertz CT molecular complexity index is 740. The van der Waals surface area contributed by atoms with Gasteiger partial charge in [-0.3, -0.25) is 4.98 Å². The molecule has 0 saturated heterocycles. The van der Waals surface area contributed by atoms with Crippen LogP contribution in [0.1, 0.15) is 5.56 Å². The molecule has 3 rings (SSSR count). The van der Waals surface area contributed by atoms with E-state index >= 15 is 0 Å². The van der Waals surface area contributed by atoms with Gasteiger partial charge in [0, 0.05) is 18.1 Å². The second-order valence-corrected chi connectivity index (χ2v) is 5.39. The molecule has 0 aliphatic carbocycles. The van der Waals surface area contributed by atoms with E-state index in [1.54, 1.807) is 36.7 Å². The average Bonchev–Trinajstić information content (AvgIpc) is 2.83. The van der Waals surface area contributed by atoms with E-state index in [2.05, 4.69) is 9.97 Å². The first-order chi connectivity index (χ1) is 9.22. The lowest BCUT2D eigenvalue weighted by molar-refractivity contribution is 0.477. The number of fused-ring (bicyclic) bond motifs is 1. The van der Waals surface area contributed by atoms with Crippen LogP contribution in [0.3, 0.4) is 0 Å². The molecule has 0 bridgehead atoms. The third-order valence-corrected chi connectivity index (χ3v) is 3.77. The van der Waals surface area contributed by atoms with Gasteiger partial charge in [-0.2, -0.15) is 0 Å². The Balaban J connectivity index is 1.89. The van der Waals surface area contributed by atoms with Crippen molar-refractivity contribution in [2.24, 2.45) is 0 Å². The average molecular weight is 273 g/mol. The second kappa shape index (κ2) is 4.81. The first-order valence-electron chi connectivity index (χ1n) is 5.66. The van der Waals surface area contributed by atoms with E-state index in [1.807, 2.05) is 6.07 Å². The lowest BCUT2D eigenvalue weighted by Crippen LogP contribution is -1.96. The van der Waals surface area contributed by atoms with Crippen LogP contribution >= 0.6 is 0 Å². The predicted molar refractivity (Wildman–Crippen MR) is 72.8 cm³/mol. The monoisotopic (exact) mass is 273 g/mol. The van der Waals surface area contributed by atoms with E-state index in [4.69, 9.17) is 10.2 Å². The molecule has 0 spiro atoms. The SMILES string of the molecule is Nc1ccc2oc(S(=O)Cc3cccnc3)nc2c1. The van der Waals surface area contributed by atoms with Gasteiger partial charge in [0.15, 0.2) is 5.58 Å². The number of anilines is 1. The summed E-state index contributed by atoms with van der Waals surface area (Å²) < 4.78 is 17.6. The van der Waals surface area contributed by atoms with E-state index in [-0.39, 0.29) is 5.22 Å². The number of rotatable bonds is 3. The molecule has 96 valence electrons. The van der Waals surface area contributed by atoms with Crippen LogP contribution in [0.2, 0.25) is 0 Å². The number of pyridine rings is 1. The van der Waals surface area contributed by atoms with Gasteiger partial charge in [-0.25, -0.2) is 9.19 Å². The van der Waals surface area contributed by atoms with Crippen molar-refractivity contribution in [2.75, 3.05) is 5.73 Å². The molecule has 6 heteroatoms. The van der Waals surface area contributed by atoms with Gasteiger partial charge < -0.3 is 10.2 Å². The summed E-state index contributed by atoms with van der Waals surface area (Å²) in [6.07, 6.45) is 3.35. The molecular weight excluding hydrogens is 262 g/mol. The maximum absolute atomic E-state index is 12.2. The van der Waals surface area contributed by atoms with Crippen LogP contribution in [0.4, 0.5) is 5.69 Å². The van der Waals surface area contributed by atoms with Gasteiger partial charge >= 0.3 is 0 Å². The molecule has 1 aromatic carbocycles. The van der Waals surface area contributed by atoms with Crippen molar-refractivity contribution in [3.63, 3.8) is 0 Å². The number of nitrogens with zero attached hydrogens (tertiary/aromatic N) is 2. The molecule has 5 nitrogen and oxygen atoms in total. The number of benzene rings is 1. The zero-order chi connectivity index (χ0) is 13.2. The third kappa shape index (κ3) is 2.48. The van der Waals surface area contributed by atoms with Crippen molar-refractivity contribution in [3.05, 3.63) is 48.3 Å². The molecule has 0 amide bonds. The normalized spacial score (nSPS) is 12.6. The van der Waals surface area contributed by atoms with Crippen molar-refractivity contribution in [3.8, 4) is 0 Å². The molecule has 19 heavy (non-hydrogen) atoms. The fourth-order valence-corrected chi connectivity index (χ4v) is 2.70. The largest absolute Gasteiger partial charge is 0.430 e. The summed E-state index contributed by atoms with van der Waals surface area (Å²) in [7, 11) is -1.33. The highest BCUT2D eigenvalue weighted by molar-refractivity contribution is 7.84. The Labute approximate surface area is 111 Å². The van der Waals surface area contributed by atoms with E-state index in [0.717, 1.165) is 5.56 Å². The lowest BCUT2D eigenvalue weighted by Gasteiger charge is -1.96. The number of nitrogens with two attached hydrogens (primary N) is 1. The summed E-state index contributed by atoms with van der Waals surface area (Å²) in [6, 6.07) is 8.82. The number of oxazole rings is 1. The summed E-state index contributed by atoms with van der Waals surface area (Å²) in [4.78, 5) is 8.19. The Morgan fingerprint density at radius 2 is 2.21 bits per heavy atom. The van der Waals surface area contributed by atoms with Gasteiger partial charge in [-0.1, -0.05) is 6.07 Å². The molecule has 1 atom stereocenters. The Hall–Kier alpha value is -2.21. The van der Waals surface area contributed by atoms with Crippen LogP contribution in [0, 0.1) is 0 Å². The summed E-state index contributed by atoms with van der Waals surface area (Å²) in [6.45, 7) is 0. The highest BCUT2D eigenvalue weighted by Crippen LogP contribution is 2.21. The molecule has 2 aromatic heterocycles. The minimum Gasteiger partial charge on any atom is -0.430 e. The Kier molecular flexibility index (Phi) is 3.00. The highest BCUT2D eigenvalue weighted by atomic mass is 32.2. The summed E-state index contributed by atoms with van der Waals surface area (Å²) in [5.74, 6) is 0.330. The summed E-state index contributed by atoms with van der Waals surface area (Å²) >= 11 is 0. The van der Waals surface area contributed by atoms with Crippen molar-refractivity contribution < 1.29 is 8.63 Å². The van der Waals surface area contributed by atoms with Crippen molar-refractivity contribution in [1.29, 1.82) is 0 Å². The van der Waals surface area contributed by atoms with Gasteiger partial charge in [0.05, 0.1) is 5.75 Å². The van der Waals surface area contributed by atoms with E-state index < -0.39 is 10.8 Å². The molecule has 2 N–H and O–H groups in total. The van der Waals surface area contributed by atoms with Gasteiger partial charge in [0.1, 0.15) is 16.3 Å². The topological polar surface area (TPSA) is 82.0 Å². The standard InChI is InChI=1S/C13H11N3O2S/c14-10-3-4-12-11(6-10)16-13(18-12)19(17)8-9-2-1-5-15-7-9/h1-7H,8,14H2. The van der Waals surface area contributed by atoms with Crippen LogP contribution in [0.25, 0.3) is 11.1 Å². The number of hydrogen-bond acceptors (Lipinski definition) is 5. The molecule has 0 radical (unpaired) electrons. The molecule has 3 aromatic rings. The second-order valence-electron chi connectivity index (χ2n) is 4.06. The smallest absolute Gasteiger partial charge is 0.288 e. The quantitative estimate of drug-likeness (QED) is 0.739. The minimum atomic E-state index is -1.33. The minimum absolute atomic E-state index is 0.212. The van der Waals surface area contributed by atoms with Crippen LogP contribution in [-0.4, -0.2) is 14.2 Å². The zero-order valence-corrected chi connectivity index (χ0v) is 10.8. The van der Waals surface area contributed by atoms with E-state index in [9.17, 15) is 4.21 Å². The van der Waals surface area contributed by atoms with E-state index in [1.165, 1.54) is 0 Å². The summed E-state index contributed by atoms with van der Waals surface area (Å²) in [5, 5.41) is 0.212. The fraction of sp³-hybridized carbons (Fsp3) is 0.0769. The molecule has 0 saturated carbocycles. The number of hydrogen-bond donors (Lipinski definition) is 1. The van der Waals surface area contributed by atoms with Gasteiger partial charge in [0.25, 0.3) is 5.22 Å². The Morgan fingerprint density at radius 1 is 1.32 bits per heavy atom. The van der Waals surface area contributed by atoms with Crippen molar-refractivity contribution in [1.82, 2.24) is 9.97 Å². The molecule has 0 aliphatic heterocycles. The first-order valence-corrected chi connectivity index (χ1v) is 6.97. The van der Waals surface area contributed by atoms with Crippen LogP contribution in [0.15, 0.2) is 52.4 Å². The Morgan fingerprint density at radius 3 is 3.00 bits per heavy atom. The van der Waals surface area contributed by atoms with Crippen molar-refractivity contribution in [2.45, 2.75) is 11.0 Å². The van der Waals surface area contributed by atoms with Crippen LogP contribution < -0.4 is 5.73 Å². The maximum Gasteiger partial charge on any atom is 0.288 e. The third-order valence-electron chi connectivity index (χ3n) is 2.61. The van der Waals surface area contributed by atoms with Gasteiger partial charge in [0.2, 0.25) is 0 Å². The molecule has 2 heterocycles. The number of nitrogen functional groups attached to an aromatic ring is 1. The van der Waals surface area contributed by atoms with Gasteiger partial charge in [-0.15, -0.1) is 0 Å². The molecule has 1 unspecified atom stereocenters. The predicted octanol–water partition coefficient (Wildman–Crippen LogP) is 2.11. The van der Waals surface area contributed by atoms with Crippen molar-refractivity contribution >= 4 is 27.6 Å². The molecule has 0 aliphatic rings. The van der Waals surface area contributed by atoms with Crippen LogP contribution in [-0.2, 0) is 16.6 Å². The number of aromatic nitrogens is 2. The zero-order valence-electron chi connectivity index (χ0n) is 9.95. The first kappa shape index (κ1) is 11.9. The molecule has 0 fully saturated rings. The van der Waals surface area contributed by atoms with E-state index in [0.29, 0.717) is 22.5 Å². The summed E-state index contributed by atoms with van der Waals surface area (Å²) in [5.41, 5.74) is 8.35. The lowest BCUT2D eigenvalue weighted by atomic mass is 10.3. The van der Waals surface area contributed by atoms with Gasteiger partial charge in [-0.05, 0) is 29.8 Å². The fourth-order valence-electron chi connectivity index (χ4n) is 1.72. The van der Waals surface area contributed by atoms with Crippen LogP contribution in [0.5, 0.6) is 0 Å². The highest BCUT2D eigenvalue weighted by Gasteiger charge is 2.13. The molecular formula is C13H11N3O2S.